The van der Waals surface area contributed by atoms with Crippen LogP contribution in [0.1, 0.15) is 37.3 Å². The first-order valence-corrected chi connectivity index (χ1v) is 7.21. The molecule has 0 radical (unpaired) electrons. The summed E-state index contributed by atoms with van der Waals surface area (Å²) in [7, 11) is 0. The second-order valence-corrected chi connectivity index (χ2v) is 5.62. The molecule has 0 atom stereocenters. The van der Waals surface area contributed by atoms with Gasteiger partial charge in [-0.2, -0.15) is 0 Å². The lowest BCUT2D eigenvalue weighted by molar-refractivity contribution is -0.0384. The first kappa shape index (κ1) is 14.8. The maximum absolute atomic E-state index is 13.9. The molecule has 0 aromatic carbocycles. The van der Waals surface area contributed by atoms with Crippen molar-refractivity contribution >= 4 is 5.69 Å². The van der Waals surface area contributed by atoms with Crippen molar-refractivity contribution in [3.63, 3.8) is 0 Å². The van der Waals surface area contributed by atoms with E-state index in [2.05, 4.69) is 9.97 Å². The minimum Gasteiger partial charge on any atom is -0.397 e. The predicted molar refractivity (Wildman–Crippen MR) is 78.0 cm³/mol. The second kappa shape index (κ2) is 5.59. The Morgan fingerprint density at radius 2 is 1.82 bits per heavy atom. The monoisotopic (exact) mass is 307 g/mol. The minimum absolute atomic E-state index is 0.119. The second-order valence-electron chi connectivity index (χ2n) is 5.62. The molecule has 0 spiro atoms. The fourth-order valence-corrected chi connectivity index (χ4v) is 2.92. The Bertz CT molecular complexity index is 678. The van der Waals surface area contributed by atoms with Crippen molar-refractivity contribution in [2.45, 2.75) is 37.5 Å². The Balaban J connectivity index is 1.95. The van der Waals surface area contributed by atoms with Gasteiger partial charge in [-0.1, -0.05) is 0 Å². The zero-order chi connectivity index (χ0) is 15.7. The van der Waals surface area contributed by atoms with Crippen LogP contribution in [-0.4, -0.2) is 15.9 Å². The zero-order valence-electron chi connectivity index (χ0n) is 11.9. The fourth-order valence-electron chi connectivity index (χ4n) is 2.92. The number of rotatable bonds is 2. The highest BCUT2D eigenvalue weighted by atomic mass is 19.3. The molecule has 22 heavy (non-hydrogen) atoms. The molecule has 2 N–H and O–H groups in total. The lowest BCUT2D eigenvalue weighted by atomic mass is 9.83. The first-order valence-electron chi connectivity index (χ1n) is 7.21. The third-order valence-corrected chi connectivity index (χ3v) is 4.14. The van der Waals surface area contributed by atoms with E-state index in [4.69, 9.17) is 5.73 Å². The van der Waals surface area contributed by atoms with Crippen LogP contribution in [0.2, 0.25) is 0 Å². The van der Waals surface area contributed by atoms with Gasteiger partial charge in [0.1, 0.15) is 11.5 Å². The lowest BCUT2D eigenvalue weighted by Gasteiger charge is -2.28. The van der Waals surface area contributed by atoms with Crippen LogP contribution in [0, 0.1) is 5.82 Å². The summed E-state index contributed by atoms with van der Waals surface area (Å²) in [5.74, 6) is -3.19. The van der Waals surface area contributed by atoms with Crippen molar-refractivity contribution in [3.8, 4) is 11.3 Å². The van der Waals surface area contributed by atoms with Gasteiger partial charge in [-0.3, -0.25) is 9.97 Å². The molecule has 116 valence electrons. The van der Waals surface area contributed by atoms with Crippen LogP contribution in [0.3, 0.4) is 0 Å². The molecule has 0 aliphatic heterocycles. The van der Waals surface area contributed by atoms with Crippen LogP contribution < -0.4 is 5.73 Å². The molecule has 3 nitrogen and oxygen atoms in total. The van der Waals surface area contributed by atoms with Crippen molar-refractivity contribution in [2.24, 2.45) is 0 Å². The van der Waals surface area contributed by atoms with Crippen LogP contribution in [0.4, 0.5) is 18.9 Å². The van der Waals surface area contributed by atoms with Gasteiger partial charge in [-0.15, -0.1) is 0 Å². The number of alkyl halides is 2. The van der Waals surface area contributed by atoms with Crippen LogP contribution in [0.5, 0.6) is 0 Å². The molecule has 1 aliphatic carbocycles. The summed E-state index contributed by atoms with van der Waals surface area (Å²) in [6.45, 7) is 0. The van der Waals surface area contributed by atoms with Gasteiger partial charge in [-0.25, -0.2) is 13.2 Å². The van der Waals surface area contributed by atoms with E-state index in [1.54, 1.807) is 6.07 Å². The Kier molecular flexibility index (Phi) is 3.76. The predicted octanol–water partition coefficient (Wildman–Crippen LogP) is 4.16. The highest BCUT2D eigenvalue weighted by Gasteiger charge is 2.36. The molecule has 0 amide bonds. The van der Waals surface area contributed by atoms with E-state index in [9.17, 15) is 13.2 Å². The molecule has 0 bridgehead atoms. The first-order chi connectivity index (χ1) is 10.5. The Hall–Kier alpha value is -2.11. The summed E-state index contributed by atoms with van der Waals surface area (Å²) < 4.78 is 40.5. The van der Waals surface area contributed by atoms with Gasteiger partial charge in [0.15, 0.2) is 0 Å². The standard InChI is InChI=1S/C16H16F3N3/c17-12-2-1-8-21-15(12)11-5-9-22-14(13(11)20)10-3-6-16(18,19)7-4-10/h1-2,5,8-10H,3-4,6-7,20H2. The molecule has 1 aliphatic rings. The van der Waals surface area contributed by atoms with E-state index in [-0.39, 0.29) is 24.5 Å². The number of nitrogens with zero attached hydrogens (tertiary/aromatic N) is 2. The van der Waals surface area contributed by atoms with E-state index in [1.165, 1.54) is 24.5 Å². The number of halogens is 3. The third kappa shape index (κ3) is 2.77. The molecular formula is C16H16F3N3. The van der Waals surface area contributed by atoms with Gasteiger partial charge in [0.05, 0.1) is 11.4 Å². The van der Waals surface area contributed by atoms with Gasteiger partial charge in [0.2, 0.25) is 5.92 Å². The van der Waals surface area contributed by atoms with Gasteiger partial charge >= 0.3 is 0 Å². The van der Waals surface area contributed by atoms with Crippen molar-refractivity contribution in [3.05, 3.63) is 42.1 Å². The van der Waals surface area contributed by atoms with E-state index >= 15 is 0 Å². The summed E-state index contributed by atoms with van der Waals surface area (Å²) >= 11 is 0. The summed E-state index contributed by atoms with van der Waals surface area (Å²) in [4.78, 5) is 8.26. The van der Waals surface area contributed by atoms with Crippen LogP contribution >= 0.6 is 0 Å². The molecule has 1 fully saturated rings. The maximum atomic E-state index is 13.9. The van der Waals surface area contributed by atoms with Gasteiger partial charge in [-0.05, 0) is 31.0 Å². The molecule has 0 saturated heterocycles. The number of anilines is 1. The quantitative estimate of drug-likeness (QED) is 0.906. The molecule has 1 saturated carbocycles. The number of aromatic nitrogens is 2. The number of hydrogen-bond donors (Lipinski definition) is 1. The topological polar surface area (TPSA) is 51.8 Å². The van der Waals surface area contributed by atoms with E-state index in [0.717, 1.165) is 0 Å². The van der Waals surface area contributed by atoms with Crippen molar-refractivity contribution in [2.75, 3.05) is 5.73 Å². The minimum atomic E-state index is -2.60. The van der Waals surface area contributed by atoms with E-state index in [1.807, 2.05) is 0 Å². The fraction of sp³-hybridized carbons (Fsp3) is 0.375. The van der Waals surface area contributed by atoms with Crippen molar-refractivity contribution < 1.29 is 13.2 Å². The number of pyridine rings is 2. The zero-order valence-corrected chi connectivity index (χ0v) is 11.9. The highest BCUT2D eigenvalue weighted by Crippen LogP contribution is 2.43. The van der Waals surface area contributed by atoms with Gasteiger partial charge < -0.3 is 5.73 Å². The van der Waals surface area contributed by atoms with E-state index < -0.39 is 11.7 Å². The lowest BCUT2D eigenvalue weighted by Crippen LogP contribution is -2.24. The largest absolute Gasteiger partial charge is 0.397 e. The summed E-state index contributed by atoms with van der Waals surface area (Å²) in [6.07, 6.45) is 3.35. The Labute approximate surface area is 126 Å². The van der Waals surface area contributed by atoms with Crippen molar-refractivity contribution in [1.82, 2.24) is 9.97 Å². The van der Waals surface area contributed by atoms with Gasteiger partial charge in [0, 0.05) is 36.7 Å². The molecule has 6 heteroatoms. The highest BCUT2D eigenvalue weighted by molar-refractivity contribution is 5.75. The average molecular weight is 307 g/mol. The third-order valence-electron chi connectivity index (χ3n) is 4.14. The Morgan fingerprint density at radius 3 is 2.50 bits per heavy atom. The number of nitrogen functional groups attached to an aromatic ring is 1. The molecule has 2 heterocycles. The SMILES string of the molecule is Nc1c(-c2ncccc2F)ccnc1C1CCC(F)(F)CC1. The summed E-state index contributed by atoms with van der Waals surface area (Å²) in [5, 5.41) is 0. The molecule has 3 rings (SSSR count). The smallest absolute Gasteiger partial charge is 0.248 e. The number of nitrogens with two attached hydrogens (primary N) is 1. The Morgan fingerprint density at radius 1 is 1.09 bits per heavy atom. The molecule has 2 aromatic heterocycles. The number of hydrogen-bond acceptors (Lipinski definition) is 3. The van der Waals surface area contributed by atoms with Gasteiger partial charge in [0.25, 0.3) is 0 Å². The van der Waals surface area contributed by atoms with Crippen molar-refractivity contribution in [1.29, 1.82) is 0 Å². The summed E-state index contributed by atoms with van der Waals surface area (Å²) in [5.41, 5.74) is 7.64. The van der Waals surface area contributed by atoms with E-state index in [0.29, 0.717) is 29.8 Å². The molecule has 2 aromatic rings. The maximum Gasteiger partial charge on any atom is 0.248 e. The summed E-state index contributed by atoms with van der Waals surface area (Å²) in [6, 6.07) is 4.41. The average Bonchev–Trinajstić information content (AvgIpc) is 2.49. The molecular weight excluding hydrogens is 291 g/mol. The normalized spacial score (nSPS) is 18.3. The van der Waals surface area contributed by atoms with Crippen LogP contribution in [-0.2, 0) is 0 Å². The van der Waals surface area contributed by atoms with Crippen LogP contribution in [0.25, 0.3) is 11.3 Å². The molecule has 0 unspecified atom stereocenters. The van der Waals surface area contributed by atoms with Crippen LogP contribution in [0.15, 0.2) is 30.6 Å².